The van der Waals surface area contributed by atoms with Crippen molar-refractivity contribution in [1.29, 1.82) is 0 Å². The van der Waals surface area contributed by atoms with Crippen LogP contribution in [0.3, 0.4) is 0 Å². The summed E-state index contributed by atoms with van der Waals surface area (Å²) in [7, 11) is 0. The van der Waals surface area contributed by atoms with Crippen LogP contribution < -0.4 is 4.74 Å². The quantitative estimate of drug-likeness (QED) is 0.812. The summed E-state index contributed by atoms with van der Waals surface area (Å²) >= 11 is 0. The van der Waals surface area contributed by atoms with Gasteiger partial charge in [0.1, 0.15) is 11.5 Å². The molecule has 0 aromatic heterocycles. The van der Waals surface area contributed by atoms with Crippen LogP contribution in [0.25, 0.3) is 6.08 Å². The van der Waals surface area contributed by atoms with Gasteiger partial charge in [-0.05, 0) is 49.7 Å². The molecule has 1 saturated heterocycles. The molecule has 0 amide bonds. The zero-order valence-electron chi connectivity index (χ0n) is 15.2. The van der Waals surface area contributed by atoms with Crippen LogP contribution in [0.1, 0.15) is 40.7 Å². The van der Waals surface area contributed by atoms with Gasteiger partial charge in [0.15, 0.2) is 5.76 Å². The minimum Gasteiger partial charge on any atom is -0.507 e. The van der Waals surface area contributed by atoms with Crippen LogP contribution in [0.2, 0.25) is 0 Å². The van der Waals surface area contributed by atoms with E-state index in [9.17, 15) is 9.90 Å². The van der Waals surface area contributed by atoms with Crippen LogP contribution in [0, 0.1) is 0 Å². The number of phenolic OH excluding ortho intramolecular Hbond substituents is 1. The number of nitrogens with zero attached hydrogens (tertiary/aromatic N) is 1. The second kappa shape index (κ2) is 7.80. The average molecular weight is 361 g/mol. The van der Waals surface area contributed by atoms with E-state index < -0.39 is 0 Å². The van der Waals surface area contributed by atoms with Gasteiger partial charge in [-0.1, -0.05) is 48.9 Å². The fraction of sp³-hybridized carbons (Fsp3) is 0.261. The van der Waals surface area contributed by atoms with E-state index in [4.69, 9.17) is 4.74 Å². The summed E-state index contributed by atoms with van der Waals surface area (Å²) in [6.45, 7) is 2.63. The predicted octanol–water partition coefficient (Wildman–Crippen LogP) is 4.55. The Bertz CT molecular complexity index is 893. The topological polar surface area (TPSA) is 49.8 Å². The Hall–Kier alpha value is -2.85. The first-order valence-corrected chi connectivity index (χ1v) is 9.45. The Balaban J connectivity index is 1.56. The fourth-order valence-electron chi connectivity index (χ4n) is 3.62. The molecule has 0 bridgehead atoms. The maximum Gasteiger partial charge on any atom is 0.231 e. The van der Waals surface area contributed by atoms with Crippen LogP contribution in [0.15, 0.2) is 60.4 Å². The fourth-order valence-corrected chi connectivity index (χ4v) is 3.62. The van der Waals surface area contributed by atoms with Crippen molar-refractivity contribution in [3.8, 4) is 11.5 Å². The van der Waals surface area contributed by atoms with Gasteiger partial charge in [0.2, 0.25) is 5.78 Å². The van der Waals surface area contributed by atoms with Crippen LogP contribution >= 0.6 is 0 Å². The number of hydrogen-bond acceptors (Lipinski definition) is 4. The van der Waals surface area contributed by atoms with Crippen LogP contribution in [0.4, 0.5) is 0 Å². The highest BCUT2D eigenvalue weighted by Crippen LogP contribution is 2.40. The summed E-state index contributed by atoms with van der Waals surface area (Å²) in [4.78, 5) is 15.0. The van der Waals surface area contributed by atoms with E-state index >= 15 is 0 Å². The van der Waals surface area contributed by atoms with Crippen molar-refractivity contribution in [2.75, 3.05) is 13.1 Å². The molecule has 2 aliphatic rings. The van der Waals surface area contributed by atoms with Crippen LogP contribution in [-0.4, -0.2) is 28.9 Å². The molecule has 0 unspecified atom stereocenters. The standard InChI is InChI=1S/C23H23NO3/c25-20-13-12-18-22(26)21(11-7-10-17-8-3-1-4-9-17)27-23(18)19(20)16-24-14-5-2-6-15-24/h1,3-4,7-13,25H,2,5-6,14-16H2/b10-7+,21-11-. The molecule has 0 atom stereocenters. The molecular weight excluding hydrogens is 338 g/mol. The van der Waals surface area contributed by atoms with Gasteiger partial charge in [-0.25, -0.2) is 0 Å². The summed E-state index contributed by atoms with van der Waals surface area (Å²) in [5, 5.41) is 10.4. The Morgan fingerprint density at radius 3 is 2.59 bits per heavy atom. The number of carbonyl (C=O) groups is 1. The molecular formula is C23H23NO3. The molecule has 0 radical (unpaired) electrons. The Morgan fingerprint density at radius 1 is 1.04 bits per heavy atom. The molecule has 2 heterocycles. The number of carbonyl (C=O) groups excluding carboxylic acids is 1. The first kappa shape index (κ1) is 17.6. The second-order valence-corrected chi connectivity index (χ2v) is 7.01. The summed E-state index contributed by atoms with van der Waals surface area (Å²) < 4.78 is 5.88. The largest absolute Gasteiger partial charge is 0.507 e. The van der Waals surface area contributed by atoms with Crippen molar-refractivity contribution in [2.24, 2.45) is 0 Å². The monoisotopic (exact) mass is 361 g/mol. The van der Waals surface area contributed by atoms with Gasteiger partial charge < -0.3 is 9.84 Å². The van der Waals surface area contributed by atoms with Gasteiger partial charge in [-0.15, -0.1) is 0 Å². The van der Waals surface area contributed by atoms with Crippen molar-refractivity contribution >= 4 is 11.9 Å². The summed E-state index contributed by atoms with van der Waals surface area (Å²) in [5.74, 6) is 0.850. The highest BCUT2D eigenvalue weighted by molar-refractivity contribution is 6.12. The van der Waals surface area contributed by atoms with Gasteiger partial charge in [-0.2, -0.15) is 0 Å². The lowest BCUT2D eigenvalue weighted by Gasteiger charge is -2.27. The number of benzene rings is 2. The number of ketones is 1. The molecule has 2 aromatic carbocycles. The zero-order valence-corrected chi connectivity index (χ0v) is 15.2. The second-order valence-electron chi connectivity index (χ2n) is 7.01. The lowest BCUT2D eigenvalue weighted by Crippen LogP contribution is -2.29. The maximum absolute atomic E-state index is 12.7. The molecule has 2 aliphatic heterocycles. The molecule has 0 saturated carbocycles. The number of likely N-dealkylation sites (tertiary alicyclic amines) is 1. The van der Waals surface area contributed by atoms with Gasteiger partial charge in [0.25, 0.3) is 0 Å². The summed E-state index contributed by atoms with van der Waals surface area (Å²) in [5.41, 5.74) is 2.29. The SMILES string of the molecule is O=C1/C(=C/C=C/c2ccccc2)Oc2c1ccc(O)c2CN1CCCCC1. The number of ether oxygens (including phenoxy) is 1. The van der Waals surface area contributed by atoms with E-state index in [1.54, 1.807) is 18.2 Å². The first-order valence-electron chi connectivity index (χ1n) is 9.45. The van der Waals surface area contributed by atoms with Crippen LogP contribution in [-0.2, 0) is 6.54 Å². The van der Waals surface area contributed by atoms with Crippen LogP contribution in [0.5, 0.6) is 11.5 Å². The van der Waals surface area contributed by atoms with E-state index in [0.29, 0.717) is 29.2 Å². The number of hydrogen-bond donors (Lipinski definition) is 1. The van der Waals surface area contributed by atoms with Gasteiger partial charge in [0.05, 0.1) is 11.1 Å². The van der Waals surface area contributed by atoms with Gasteiger partial charge in [-0.3, -0.25) is 9.69 Å². The van der Waals surface area contributed by atoms with Gasteiger partial charge >= 0.3 is 0 Å². The number of phenols is 1. The Kier molecular flexibility index (Phi) is 5.07. The Labute approximate surface area is 159 Å². The van der Waals surface area contributed by atoms with E-state index in [1.807, 2.05) is 42.5 Å². The molecule has 138 valence electrons. The molecule has 4 rings (SSSR count). The van der Waals surface area contributed by atoms with Crippen molar-refractivity contribution < 1.29 is 14.6 Å². The summed E-state index contributed by atoms with van der Waals surface area (Å²) in [6, 6.07) is 13.1. The van der Waals surface area contributed by atoms with Gasteiger partial charge in [0, 0.05) is 6.54 Å². The molecule has 1 fully saturated rings. The molecule has 2 aromatic rings. The summed E-state index contributed by atoms with van der Waals surface area (Å²) in [6.07, 6.45) is 9.04. The lowest BCUT2D eigenvalue weighted by molar-refractivity contribution is 0.101. The minimum atomic E-state index is -0.136. The lowest BCUT2D eigenvalue weighted by atomic mass is 10.0. The zero-order chi connectivity index (χ0) is 18.6. The third-order valence-electron chi connectivity index (χ3n) is 5.08. The predicted molar refractivity (Wildman–Crippen MR) is 106 cm³/mol. The van der Waals surface area contributed by atoms with Crippen molar-refractivity contribution in [3.05, 3.63) is 77.1 Å². The number of fused-ring (bicyclic) bond motifs is 1. The normalized spacial score (nSPS) is 18.8. The molecule has 0 spiro atoms. The van der Waals surface area contributed by atoms with E-state index in [0.717, 1.165) is 18.7 Å². The first-order chi connectivity index (χ1) is 13.2. The third-order valence-corrected chi connectivity index (χ3v) is 5.08. The third kappa shape index (κ3) is 3.81. The highest BCUT2D eigenvalue weighted by Gasteiger charge is 2.31. The maximum atomic E-state index is 12.7. The molecule has 4 heteroatoms. The molecule has 27 heavy (non-hydrogen) atoms. The Morgan fingerprint density at radius 2 is 1.81 bits per heavy atom. The smallest absolute Gasteiger partial charge is 0.231 e. The minimum absolute atomic E-state index is 0.136. The number of allylic oxidation sites excluding steroid dienone is 3. The highest BCUT2D eigenvalue weighted by atomic mass is 16.5. The average Bonchev–Trinajstić information content (AvgIpc) is 3.02. The van der Waals surface area contributed by atoms with Crippen molar-refractivity contribution in [1.82, 2.24) is 4.90 Å². The van der Waals surface area contributed by atoms with E-state index in [1.165, 1.54) is 19.3 Å². The van der Waals surface area contributed by atoms with E-state index in [2.05, 4.69) is 4.90 Å². The number of aromatic hydroxyl groups is 1. The molecule has 1 N–H and O–H groups in total. The van der Waals surface area contributed by atoms with Crippen molar-refractivity contribution in [3.63, 3.8) is 0 Å². The van der Waals surface area contributed by atoms with E-state index in [-0.39, 0.29) is 11.5 Å². The number of rotatable bonds is 4. The number of Topliss-reactive ketones (excluding diaryl/α,β-unsaturated/α-hetero) is 1. The van der Waals surface area contributed by atoms with Crippen molar-refractivity contribution in [2.45, 2.75) is 25.8 Å². The number of piperidine rings is 1. The molecule has 4 nitrogen and oxygen atoms in total. The molecule has 0 aliphatic carbocycles.